The molecule has 5 nitrogen and oxygen atoms in total. The highest BCUT2D eigenvalue weighted by molar-refractivity contribution is 5.80. The molecule has 21 heavy (non-hydrogen) atoms. The number of aliphatic hydroxyl groups is 1. The predicted molar refractivity (Wildman–Crippen MR) is 81.0 cm³/mol. The molecule has 0 aliphatic carbocycles. The van der Waals surface area contributed by atoms with E-state index in [4.69, 9.17) is 9.84 Å². The van der Waals surface area contributed by atoms with E-state index in [9.17, 15) is 9.59 Å². The first-order valence-electron chi connectivity index (χ1n) is 7.84. The van der Waals surface area contributed by atoms with Crippen LogP contribution in [-0.4, -0.2) is 47.2 Å². The third-order valence-corrected chi connectivity index (χ3v) is 3.86. The van der Waals surface area contributed by atoms with Crippen LogP contribution < -0.4 is 0 Å². The van der Waals surface area contributed by atoms with E-state index in [1.54, 1.807) is 4.90 Å². The second kappa shape index (κ2) is 7.78. The van der Waals surface area contributed by atoms with E-state index in [2.05, 4.69) is 0 Å². The minimum atomic E-state index is -0.459. The summed E-state index contributed by atoms with van der Waals surface area (Å²) in [5, 5.41) is 8.80. The number of carbonyl (C=O) groups is 2. The summed E-state index contributed by atoms with van der Waals surface area (Å²) in [4.78, 5) is 25.4. The number of hydrogen-bond acceptors (Lipinski definition) is 4. The van der Waals surface area contributed by atoms with Crippen LogP contribution >= 0.6 is 0 Å². The van der Waals surface area contributed by atoms with E-state index in [1.165, 1.54) is 0 Å². The molecule has 1 amide bonds. The van der Waals surface area contributed by atoms with Gasteiger partial charge in [-0.15, -0.1) is 0 Å². The van der Waals surface area contributed by atoms with E-state index in [-0.39, 0.29) is 30.8 Å². The van der Waals surface area contributed by atoms with Gasteiger partial charge in [-0.1, -0.05) is 6.92 Å². The molecule has 1 N–H and O–H groups in total. The summed E-state index contributed by atoms with van der Waals surface area (Å²) in [6, 6.07) is 0. The van der Waals surface area contributed by atoms with Crippen molar-refractivity contribution in [2.24, 2.45) is 11.8 Å². The molecule has 1 rings (SSSR count). The van der Waals surface area contributed by atoms with Gasteiger partial charge in [0, 0.05) is 32.0 Å². The molecule has 0 radical (unpaired) electrons. The molecule has 0 unspecified atom stereocenters. The summed E-state index contributed by atoms with van der Waals surface area (Å²) < 4.78 is 5.37. The van der Waals surface area contributed by atoms with Crippen molar-refractivity contribution < 1.29 is 19.4 Å². The van der Waals surface area contributed by atoms with E-state index in [0.717, 1.165) is 19.3 Å². The molecule has 1 atom stereocenters. The van der Waals surface area contributed by atoms with Gasteiger partial charge in [0.05, 0.1) is 0 Å². The first kappa shape index (κ1) is 18.0. The Kier molecular flexibility index (Phi) is 6.65. The van der Waals surface area contributed by atoms with E-state index < -0.39 is 5.60 Å². The maximum atomic E-state index is 12.0. The number of piperidine rings is 1. The smallest absolute Gasteiger partial charge is 0.410 e. The second-order valence-corrected chi connectivity index (χ2v) is 6.99. The third-order valence-electron chi connectivity index (χ3n) is 3.86. The molecule has 5 heteroatoms. The normalized spacial score (nSPS) is 18.4. The summed E-state index contributed by atoms with van der Waals surface area (Å²) in [5.41, 5.74) is -0.459. The Morgan fingerprint density at radius 1 is 1.29 bits per heavy atom. The number of carbonyl (C=O) groups excluding carboxylic acids is 2. The standard InChI is InChI=1S/C16H29NO4/c1-12(14(19)7-10-18)11-13-5-8-17(9-6-13)15(20)21-16(2,3)4/h12-13,18H,5-11H2,1-4H3/t12-/m1/s1. The summed E-state index contributed by atoms with van der Waals surface area (Å²) >= 11 is 0. The molecular weight excluding hydrogens is 270 g/mol. The summed E-state index contributed by atoms with van der Waals surface area (Å²) in [6.45, 7) is 8.85. The van der Waals surface area contributed by atoms with Crippen LogP contribution in [0.4, 0.5) is 4.79 Å². The predicted octanol–water partition coefficient (Wildman–Crippen LogP) is 2.61. The Bertz CT molecular complexity index is 354. The van der Waals surface area contributed by atoms with Crippen molar-refractivity contribution in [2.75, 3.05) is 19.7 Å². The molecule has 0 aromatic heterocycles. The van der Waals surface area contributed by atoms with Crippen LogP contribution in [0.25, 0.3) is 0 Å². The van der Waals surface area contributed by atoms with E-state index >= 15 is 0 Å². The maximum absolute atomic E-state index is 12.0. The number of hydrogen-bond donors (Lipinski definition) is 1. The first-order valence-corrected chi connectivity index (χ1v) is 7.84. The Labute approximate surface area is 127 Å². The third kappa shape index (κ3) is 6.46. The van der Waals surface area contributed by atoms with Crippen molar-refractivity contribution in [3.8, 4) is 0 Å². The fraction of sp³-hybridized carbons (Fsp3) is 0.875. The fourth-order valence-corrected chi connectivity index (χ4v) is 2.67. The number of amides is 1. The van der Waals surface area contributed by atoms with Crippen LogP contribution in [-0.2, 0) is 9.53 Å². The SMILES string of the molecule is C[C@H](CC1CCN(C(=O)OC(C)(C)C)CC1)C(=O)CCO. The van der Waals surface area contributed by atoms with Crippen LogP contribution in [0.5, 0.6) is 0 Å². The van der Waals surface area contributed by atoms with Crippen LogP contribution in [0.15, 0.2) is 0 Å². The molecule has 1 fully saturated rings. The number of aliphatic hydroxyl groups excluding tert-OH is 1. The monoisotopic (exact) mass is 299 g/mol. The van der Waals surface area contributed by atoms with Crippen LogP contribution in [0.2, 0.25) is 0 Å². The second-order valence-electron chi connectivity index (χ2n) is 6.99. The van der Waals surface area contributed by atoms with E-state index in [1.807, 2.05) is 27.7 Å². The molecule has 0 spiro atoms. The quantitative estimate of drug-likeness (QED) is 0.847. The highest BCUT2D eigenvalue weighted by Crippen LogP contribution is 2.26. The van der Waals surface area contributed by atoms with Gasteiger partial charge in [0.25, 0.3) is 0 Å². The van der Waals surface area contributed by atoms with Gasteiger partial charge in [0.2, 0.25) is 0 Å². The lowest BCUT2D eigenvalue weighted by Gasteiger charge is -2.34. The molecular formula is C16H29NO4. The summed E-state index contributed by atoms with van der Waals surface area (Å²) in [6.07, 6.45) is 2.68. The molecule has 0 aromatic carbocycles. The molecule has 0 aromatic rings. The molecule has 0 saturated carbocycles. The van der Waals surface area contributed by atoms with Crippen LogP contribution in [0.1, 0.15) is 53.4 Å². The van der Waals surface area contributed by atoms with Crippen molar-refractivity contribution in [3.05, 3.63) is 0 Å². The molecule has 122 valence electrons. The first-order chi connectivity index (χ1) is 9.73. The number of rotatable bonds is 5. The molecule has 1 saturated heterocycles. The zero-order valence-electron chi connectivity index (χ0n) is 13.7. The van der Waals surface area contributed by atoms with Gasteiger partial charge in [-0.3, -0.25) is 4.79 Å². The molecule has 1 aliphatic heterocycles. The van der Waals surface area contributed by atoms with Gasteiger partial charge in [0.15, 0.2) is 0 Å². The summed E-state index contributed by atoms with van der Waals surface area (Å²) in [7, 11) is 0. The number of nitrogens with zero attached hydrogens (tertiary/aromatic N) is 1. The van der Waals surface area contributed by atoms with Gasteiger partial charge in [-0.25, -0.2) is 4.79 Å². The Morgan fingerprint density at radius 2 is 1.86 bits per heavy atom. The Balaban J connectivity index is 2.35. The van der Waals surface area contributed by atoms with Gasteiger partial charge in [-0.2, -0.15) is 0 Å². The number of ketones is 1. The molecule has 1 heterocycles. The zero-order valence-corrected chi connectivity index (χ0v) is 13.7. The summed E-state index contributed by atoms with van der Waals surface area (Å²) in [5.74, 6) is 0.601. The topological polar surface area (TPSA) is 66.8 Å². The minimum absolute atomic E-state index is 0.00442. The van der Waals surface area contributed by atoms with Crippen LogP contribution in [0.3, 0.4) is 0 Å². The lowest BCUT2D eigenvalue weighted by atomic mass is 9.85. The lowest BCUT2D eigenvalue weighted by Crippen LogP contribution is -2.42. The highest BCUT2D eigenvalue weighted by Gasteiger charge is 2.28. The number of Topliss-reactive ketones (excluding diaryl/α,β-unsaturated/α-hetero) is 1. The van der Waals surface area contributed by atoms with Crippen molar-refractivity contribution in [1.29, 1.82) is 0 Å². The van der Waals surface area contributed by atoms with Crippen molar-refractivity contribution in [1.82, 2.24) is 4.90 Å². The van der Waals surface area contributed by atoms with Crippen molar-refractivity contribution >= 4 is 11.9 Å². The fourth-order valence-electron chi connectivity index (χ4n) is 2.67. The zero-order chi connectivity index (χ0) is 16.0. The van der Waals surface area contributed by atoms with Gasteiger partial charge in [-0.05, 0) is 46.0 Å². The van der Waals surface area contributed by atoms with Crippen molar-refractivity contribution in [2.45, 2.75) is 59.0 Å². The van der Waals surface area contributed by atoms with Gasteiger partial charge >= 0.3 is 6.09 Å². The van der Waals surface area contributed by atoms with Gasteiger partial charge < -0.3 is 14.7 Å². The molecule has 1 aliphatic rings. The van der Waals surface area contributed by atoms with E-state index in [0.29, 0.717) is 19.0 Å². The number of ether oxygens (including phenoxy) is 1. The van der Waals surface area contributed by atoms with Crippen LogP contribution in [0, 0.1) is 11.8 Å². The maximum Gasteiger partial charge on any atom is 0.410 e. The minimum Gasteiger partial charge on any atom is -0.444 e. The number of likely N-dealkylation sites (tertiary alicyclic amines) is 1. The highest BCUT2D eigenvalue weighted by atomic mass is 16.6. The van der Waals surface area contributed by atoms with Crippen molar-refractivity contribution in [3.63, 3.8) is 0 Å². The molecule has 0 bridgehead atoms. The largest absolute Gasteiger partial charge is 0.444 e. The average Bonchev–Trinajstić information content (AvgIpc) is 2.37. The lowest BCUT2D eigenvalue weighted by molar-refractivity contribution is -0.123. The Morgan fingerprint density at radius 3 is 2.33 bits per heavy atom. The Hall–Kier alpha value is -1.10. The van der Waals surface area contributed by atoms with Gasteiger partial charge in [0.1, 0.15) is 11.4 Å². The average molecular weight is 299 g/mol.